The molecule has 1 saturated heterocycles. The smallest absolute Gasteiger partial charge is 0.116 e. The van der Waals surface area contributed by atoms with Crippen molar-refractivity contribution in [2.24, 2.45) is 10.8 Å². The van der Waals surface area contributed by atoms with Crippen LogP contribution in [0.3, 0.4) is 0 Å². The van der Waals surface area contributed by atoms with Gasteiger partial charge in [-0.25, -0.2) is 0 Å². The Morgan fingerprint density at radius 1 is 1.24 bits per heavy atom. The molecule has 0 bridgehead atoms. The van der Waals surface area contributed by atoms with E-state index in [4.69, 9.17) is 9.47 Å². The van der Waals surface area contributed by atoms with Crippen molar-refractivity contribution in [3.05, 3.63) is 36.1 Å². The fraction of sp³-hybridized carbons (Fsp3) is 0.600. The van der Waals surface area contributed by atoms with Gasteiger partial charge in [0, 0.05) is 10.8 Å². The van der Waals surface area contributed by atoms with Crippen molar-refractivity contribution in [3.8, 4) is 0 Å². The van der Waals surface area contributed by atoms with Crippen molar-refractivity contribution >= 4 is 0 Å². The second-order valence-electron chi connectivity index (χ2n) is 6.03. The van der Waals surface area contributed by atoms with Crippen LogP contribution in [-0.2, 0) is 9.47 Å². The van der Waals surface area contributed by atoms with Crippen molar-refractivity contribution in [2.45, 2.75) is 33.8 Å². The van der Waals surface area contributed by atoms with Crippen LogP contribution in [-0.4, -0.2) is 19.3 Å². The van der Waals surface area contributed by atoms with Crippen molar-refractivity contribution in [1.82, 2.24) is 0 Å². The first-order chi connectivity index (χ1) is 7.89. The molecule has 0 radical (unpaired) electrons. The van der Waals surface area contributed by atoms with Crippen LogP contribution in [0.2, 0.25) is 0 Å². The van der Waals surface area contributed by atoms with E-state index < -0.39 is 0 Å². The van der Waals surface area contributed by atoms with Crippen LogP contribution in [0.15, 0.2) is 36.1 Å². The Morgan fingerprint density at radius 2 is 1.94 bits per heavy atom. The summed E-state index contributed by atoms with van der Waals surface area (Å²) < 4.78 is 11.0. The molecule has 94 valence electrons. The molecule has 0 aromatic heterocycles. The minimum Gasteiger partial charge on any atom is -0.494 e. The molecule has 0 aromatic rings. The molecule has 1 aliphatic carbocycles. The van der Waals surface area contributed by atoms with E-state index in [1.54, 1.807) is 0 Å². The Morgan fingerprint density at radius 3 is 2.59 bits per heavy atom. The molecule has 17 heavy (non-hydrogen) atoms. The highest BCUT2D eigenvalue weighted by atomic mass is 16.6. The maximum Gasteiger partial charge on any atom is 0.116 e. The van der Waals surface area contributed by atoms with Gasteiger partial charge in [-0.05, 0) is 19.9 Å². The van der Waals surface area contributed by atoms with Crippen molar-refractivity contribution < 1.29 is 9.47 Å². The summed E-state index contributed by atoms with van der Waals surface area (Å²) in [6, 6.07) is 0. The van der Waals surface area contributed by atoms with Gasteiger partial charge in [-0.2, -0.15) is 0 Å². The SMILES string of the molecule is CC1(C)C=CC=C(OCC2CO2)C(C)(C)C=C1. The maximum absolute atomic E-state index is 5.86. The minimum absolute atomic E-state index is 0.0586. The van der Waals surface area contributed by atoms with E-state index in [-0.39, 0.29) is 10.8 Å². The number of allylic oxidation sites excluding steroid dienone is 5. The van der Waals surface area contributed by atoms with E-state index in [1.807, 2.05) is 0 Å². The van der Waals surface area contributed by atoms with E-state index in [0.717, 1.165) is 12.4 Å². The zero-order valence-corrected chi connectivity index (χ0v) is 11.2. The molecule has 2 nitrogen and oxygen atoms in total. The summed E-state index contributed by atoms with van der Waals surface area (Å²) in [7, 11) is 0. The van der Waals surface area contributed by atoms with Crippen LogP contribution in [0.1, 0.15) is 27.7 Å². The second kappa shape index (κ2) is 4.34. The highest BCUT2D eigenvalue weighted by Gasteiger charge is 2.28. The van der Waals surface area contributed by atoms with Crippen LogP contribution in [0.4, 0.5) is 0 Å². The molecule has 0 aromatic carbocycles. The average molecular weight is 234 g/mol. The molecule has 1 atom stereocenters. The normalized spacial score (nSPS) is 29.2. The number of rotatable bonds is 3. The summed E-state index contributed by atoms with van der Waals surface area (Å²) in [5, 5.41) is 0. The van der Waals surface area contributed by atoms with Gasteiger partial charge in [-0.15, -0.1) is 0 Å². The molecule has 2 rings (SSSR count). The fourth-order valence-electron chi connectivity index (χ4n) is 1.74. The topological polar surface area (TPSA) is 21.8 Å². The summed E-state index contributed by atoms with van der Waals surface area (Å²) >= 11 is 0. The highest BCUT2D eigenvalue weighted by molar-refractivity contribution is 5.26. The van der Waals surface area contributed by atoms with Gasteiger partial charge in [-0.3, -0.25) is 0 Å². The Hall–Kier alpha value is -1.02. The Bertz CT molecular complexity index is 368. The largest absolute Gasteiger partial charge is 0.494 e. The van der Waals surface area contributed by atoms with Gasteiger partial charge in [0.15, 0.2) is 0 Å². The third-order valence-electron chi connectivity index (χ3n) is 3.17. The summed E-state index contributed by atoms with van der Waals surface area (Å²) in [4.78, 5) is 0. The molecule has 1 unspecified atom stereocenters. The van der Waals surface area contributed by atoms with E-state index in [2.05, 4.69) is 58.1 Å². The first kappa shape index (κ1) is 12.4. The summed E-state index contributed by atoms with van der Waals surface area (Å²) in [6.07, 6.45) is 11.1. The summed E-state index contributed by atoms with van der Waals surface area (Å²) in [5.41, 5.74) is 0.0514. The molecule has 0 saturated carbocycles. The quantitative estimate of drug-likeness (QED) is 0.551. The Balaban J connectivity index is 2.14. The van der Waals surface area contributed by atoms with E-state index in [1.165, 1.54) is 0 Å². The van der Waals surface area contributed by atoms with Crippen molar-refractivity contribution in [3.63, 3.8) is 0 Å². The first-order valence-electron chi connectivity index (χ1n) is 6.24. The van der Waals surface area contributed by atoms with Crippen LogP contribution < -0.4 is 0 Å². The molecular formula is C15H22O2. The second-order valence-corrected chi connectivity index (χ2v) is 6.03. The molecule has 0 N–H and O–H groups in total. The van der Waals surface area contributed by atoms with Gasteiger partial charge in [0.1, 0.15) is 18.5 Å². The molecule has 1 heterocycles. The van der Waals surface area contributed by atoms with Gasteiger partial charge in [0.05, 0.1) is 6.61 Å². The van der Waals surface area contributed by atoms with Crippen molar-refractivity contribution in [2.75, 3.05) is 13.2 Å². The Kier molecular flexibility index (Phi) is 3.17. The summed E-state index contributed by atoms with van der Waals surface area (Å²) in [6.45, 7) is 10.3. The lowest BCUT2D eigenvalue weighted by atomic mass is 9.82. The number of ether oxygens (including phenoxy) is 2. The zero-order chi connectivity index (χ0) is 12.5. The van der Waals surface area contributed by atoms with Crippen LogP contribution in [0.25, 0.3) is 0 Å². The van der Waals surface area contributed by atoms with E-state index >= 15 is 0 Å². The lowest BCUT2D eigenvalue weighted by molar-refractivity contribution is 0.143. The van der Waals surface area contributed by atoms with Crippen LogP contribution in [0, 0.1) is 10.8 Å². The molecular weight excluding hydrogens is 212 g/mol. The van der Waals surface area contributed by atoms with Crippen LogP contribution >= 0.6 is 0 Å². The molecule has 2 heteroatoms. The first-order valence-corrected chi connectivity index (χ1v) is 6.24. The number of epoxide rings is 1. The lowest BCUT2D eigenvalue weighted by Crippen LogP contribution is -2.18. The van der Waals surface area contributed by atoms with Crippen LogP contribution in [0.5, 0.6) is 0 Å². The lowest BCUT2D eigenvalue weighted by Gasteiger charge is -2.27. The number of hydrogen-bond donors (Lipinski definition) is 0. The predicted molar refractivity (Wildman–Crippen MR) is 69.6 cm³/mol. The highest BCUT2D eigenvalue weighted by Crippen LogP contribution is 2.34. The van der Waals surface area contributed by atoms with Gasteiger partial charge in [-0.1, -0.05) is 38.2 Å². The van der Waals surface area contributed by atoms with Gasteiger partial charge in [0.2, 0.25) is 0 Å². The van der Waals surface area contributed by atoms with Gasteiger partial charge < -0.3 is 9.47 Å². The predicted octanol–water partition coefficient (Wildman–Crippen LogP) is 3.46. The fourth-order valence-corrected chi connectivity index (χ4v) is 1.74. The van der Waals surface area contributed by atoms with E-state index in [9.17, 15) is 0 Å². The summed E-state index contributed by atoms with van der Waals surface area (Å²) in [5.74, 6) is 1.01. The molecule has 2 aliphatic rings. The van der Waals surface area contributed by atoms with E-state index in [0.29, 0.717) is 12.7 Å². The standard InChI is InChI=1S/C15H22O2/c1-14(2)7-5-6-13(15(3,4)9-8-14)17-11-12-10-16-12/h5-9,12H,10-11H2,1-4H3. The maximum atomic E-state index is 5.86. The molecule has 0 spiro atoms. The third kappa shape index (κ3) is 3.47. The minimum atomic E-state index is -0.0586. The molecule has 0 amide bonds. The molecule has 1 aliphatic heterocycles. The monoisotopic (exact) mass is 234 g/mol. The van der Waals surface area contributed by atoms with Gasteiger partial charge >= 0.3 is 0 Å². The zero-order valence-electron chi connectivity index (χ0n) is 11.2. The molecule has 1 fully saturated rings. The average Bonchev–Trinajstić information content (AvgIpc) is 3.03. The van der Waals surface area contributed by atoms with Crippen molar-refractivity contribution in [1.29, 1.82) is 0 Å². The number of hydrogen-bond acceptors (Lipinski definition) is 2. The van der Waals surface area contributed by atoms with Gasteiger partial charge in [0.25, 0.3) is 0 Å². The third-order valence-corrected chi connectivity index (χ3v) is 3.17. The Labute approximate surface area is 104 Å².